The second kappa shape index (κ2) is 6.65. The highest BCUT2D eigenvalue weighted by molar-refractivity contribution is 6.36. The average Bonchev–Trinajstić information content (AvgIpc) is 2.44. The molecule has 0 unspecified atom stereocenters. The molecular formula is C14H13Cl2N3O2. The molecule has 1 amide bonds. The van der Waals surface area contributed by atoms with Crippen molar-refractivity contribution in [2.75, 3.05) is 12.3 Å². The van der Waals surface area contributed by atoms with Gasteiger partial charge in [-0.15, -0.1) is 0 Å². The topological polar surface area (TPSA) is 77.2 Å². The van der Waals surface area contributed by atoms with Gasteiger partial charge in [0, 0.05) is 18.8 Å². The van der Waals surface area contributed by atoms with E-state index in [9.17, 15) is 4.79 Å². The molecule has 1 heterocycles. The Bertz CT molecular complexity index is 677. The number of anilines is 1. The van der Waals surface area contributed by atoms with Crippen molar-refractivity contribution >= 4 is 34.8 Å². The molecule has 0 saturated carbocycles. The van der Waals surface area contributed by atoms with Crippen LogP contribution in [0, 0.1) is 0 Å². The van der Waals surface area contributed by atoms with E-state index in [-0.39, 0.29) is 16.6 Å². The molecule has 0 radical (unpaired) electrons. The van der Waals surface area contributed by atoms with E-state index in [1.54, 1.807) is 18.2 Å². The van der Waals surface area contributed by atoms with Gasteiger partial charge in [-0.25, -0.2) is 0 Å². The first-order valence-electron chi connectivity index (χ1n) is 6.17. The molecule has 0 aliphatic rings. The van der Waals surface area contributed by atoms with Crippen LogP contribution in [-0.2, 0) is 0 Å². The predicted octanol–water partition coefficient (Wildman–Crippen LogP) is 3.51. The van der Waals surface area contributed by atoms with Gasteiger partial charge in [0.15, 0.2) is 5.75 Å². The number of carbonyl (C=O) groups is 1. The normalized spacial score (nSPS) is 10.2. The number of aromatic nitrogens is 1. The van der Waals surface area contributed by atoms with Crippen LogP contribution in [0.5, 0.6) is 11.5 Å². The molecule has 1 aromatic carbocycles. The number of nitrogens with two attached hydrogens (primary N) is 1. The van der Waals surface area contributed by atoms with E-state index in [0.717, 1.165) is 0 Å². The number of nitrogens with one attached hydrogen (secondary N) is 1. The summed E-state index contributed by atoms with van der Waals surface area (Å²) in [6.07, 6.45) is 2.99. The van der Waals surface area contributed by atoms with E-state index >= 15 is 0 Å². The summed E-state index contributed by atoms with van der Waals surface area (Å²) in [7, 11) is 0. The number of carbonyl (C=O) groups excluding carboxylic acids is 1. The molecule has 0 spiro atoms. The molecule has 2 aromatic rings. The fraction of sp³-hybridized carbons (Fsp3) is 0.143. The van der Waals surface area contributed by atoms with Crippen molar-refractivity contribution in [3.8, 4) is 11.5 Å². The Hall–Kier alpha value is -1.98. The third-order valence-electron chi connectivity index (χ3n) is 2.63. The molecule has 0 fully saturated rings. The van der Waals surface area contributed by atoms with E-state index in [1.165, 1.54) is 12.4 Å². The van der Waals surface area contributed by atoms with Crippen LogP contribution in [-0.4, -0.2) is 17.4 Å². The van der Waals surface area contributed by atoms with Gasteiger partial charge in [-0.3, -0.25) is 9.78 Å². The van der Waals surface area contributed by atoms with E-state index in [0.29, 0.717) is 28.6 Å². The molecule has 3 N–H and O–H groups in total. The van der Waals surface area contributed by atoms with Gasteiger partial charge < -0.3 is 15.8 Å². The van der Waals surface area contributed by atoms with Crippen molar-refractivity contribution in [1.82, 2.24) is 10.3 Å². The molecule has 0 aliphatic carbocycles. The third-order valence-corrected chi connectivity index (χ3v) is 3.24. The number of hydrogen-bond acceptors (Lipinski definition) is 4. The Kier molecular flexibility index (Phi) is 4.88. The number of nitrogen functional groups attached to an aromatic ring is 1. The van der Waals surface area contributed by atoms with Crippen molar-refractivity contribution < 1.29 is 9.53 Å². The lowest BCUT2D eigenvalue weighted by molar-refractivity contribution is 0.0956. The maximum absolute atomic E-state index is 11.8. The molecule has 0 bridgehead atoms. The zero-order valence-electron chi connectivity index (χ0n) is 11.2. The second-order valence-electron chi connectivity index (χ2n) is 4.14. The summed E-state index contributed by atoms with van der Waals surface area (Å²) in [5.74, 6) is 0.471. The van der Waals surface area contributed by atoms with Crippen LogP contribution in [0.3, 0.4) is 0 Å². The molecule has 0 aliphatic heterocycles. The van der Waals surface area contributed by atoms with Crippen LogP contribution in [0.15, 0.2) is 30.6 Å². The van der Waals surface area contributed by atoms with Crippen molar-refractivity contribution in [3.63, 3.8) is 0 Å². The standard InChI is InChI=1S/C14H13Cl2N3O2/c1-2-19-14(20)10-3-4-11(13(17)12(10)16)21-9-5-8(15)6-18-7-9/h3-7H,2,17H2,1H3,(H,19,20). The van der Waals surface area contributed by atoms with E-state index in [2.05, 4.69) is 10.3 Å². The fourth-order valence-corrected chi connectivity index (χ4v) is 2.08. The Morgan fingerprint density at radius 1 is 1.38 bits per heavy atom. The van der Waals surface area contributed by atoms with Gasteiger partial charge in [-0.1, -0.05) is 23.2 Å². The average molecular weight is 326 g/mol. The first-order valence-corrected chi connectivity index (χ1v) is 6.93. The van der Waals surface area contributed by atoms with Crippen LogP contribution in [0.4, 0.5) is 5.69 Å². The number of amides is 1. The third kappa shape index (κ3) is 3.56. The van der Waals surface area contributed by atoms with Crippen molar-refractivity contribution in [2.24, 2.45) is 0 Å². The van der Waals surface area contributed by atoms with Gasteiger partial charge in [0.05, 0.1) is 27.5 Å². The Balaban J connectivity index is 2.30. The maximum Gasteiger partial charge on any atom is 0.252 e. The van der Waals surface area contributed by atoms with Gasteiger partial charge in [-0.2, -0.15) is 0 Å². The zero-order valence-corrected chi connectivity index (χ0v) is 12.7. The summed E-state index contributed by atoms with van der Waals surface area (Å²) < 4.78 is 5.58. The summed E-state index contributed by atoms with van der Waals surface area (Å²) >= 11 is 11.9. The van der Waals surface area contributed by atoms with Crippen molar-refractivity contribution in [1.29, 1.82) is 0 Å². The van der Waals surface area contributed by atoms with Crippen LogP contribution in [0.25, 0.3) is 0 Å². The van der Waals surface area contributed by atoms with Crippen molar-refractivity contribution in [3.05, 3.63) is 46.2 Å². The number of rotatable bonds is 4. The highest BCUT2D eigenvalue weighted by atomic mass is 35.5. The summed E-state index contributed by atoms with van der Waals surface area (Å²) in [5, 5.41) is 3.25. The molecule has 7 heteroatoms. The van der Waals surface area contributed by atoms with Gasteiger partial charge >= 0.3 is 0 Å². The highest BCUT2D eigenvalue weighted by Gasteiger charge is 2.16. The largest absolute Gasteiger partial charge is 0.453 e. The predicted molar refractivity (Wildman–Crippen MR) is 83.2 cm³/mol. The minimum absolute atomic E-state index is 0.147. The van der Waals surface area contributed by atoms with Crippen LogP contribution >= 0.6 is 23.2 Å². The van der Waals surface area contributed by atoms with Crippen molar-refractivity contribution in [2.45, 2.75) is 6.92 Å². The smallest absolute Gasteiger partial charge is 0.252 e. The molecule has 2 rings (SSSR count). The lowest BCUT2D eigenvalue weighted by atomic mass is 10.1. The SMILES string of the molecule is CCNC(=O)c1ccc(Oc2cncc(Cl)c2)c(N)c1Cl. The summed E-state index contributed by atoms with van der Waals surface area (Å²) in [6, 6.07) is 4.73. The maximum atomic E-state index is 11.8. The number of nitrogens with zero attached hydrogens (tertiary/aromatic N) is 1. The van der Waals surface area contributed by atoms with Gasteiger partial charge in [0.25, 0.3) is 5.91 Å². The van der Waals surface area contributed by atoms with E-state index in [1.807, 2.05) is 6.92 Å². The molecule has 0 atom stereocenters. The molecule has 0 saturated heterocycles. The highest BCUT2D eigenvalue weighted by Crippen LogP contribution is 2.35. The van der Waals surface area contributed by atoms with Gasteiger partial charge in [-0.05, 0) is 19.1 Å². The molecule has 1 aromatic heterocycles. The zero-order chi connectivity index (χ0) is 15.4. The van der Waals surface area contributed by atoms with E-state index < -0.39 is 0 Å². The minimum atomic E-state index is -0.287. The second-order valence-corrected chi connectivity index (χ2v) is 4.95. The van der Waals surface area contributed by atoms with Gasteiger partial charge in [0.1, 0.15) is 5.75 Å². The lowest BCUT2D eigenvalue weighted by Gasteiger charge is -2.12. The summed E-state index contributed by atoms with van der Waals surface area (Å²) in [5.41, 5.74) is 6.39. The molecular weight excluding hydrogens is 313 g/mol. The Labute approximate surface area is 132 Å². The van der Waals surface area contributed by atoms with Crippen LogP contribution in [0.2, 0.25) is 10.0 Å². The Morgan fingerprint density at radius 3 is 2.81 bits per heavy atom. The van der Waals surface area contributed by atoms with Crippen LogP contribution in [0.1, 0.15) is 17.3 Å². The first kappa shape index (κ1) is 15.4. The monoisotopic (exact) mass is 325 g/mol. The number of hydrogen-bond donors (Lipinski definition) is 2. The van der Waals surface area contributed by atoms with Gasteiger partial charge in [0.2, 0.25) is 0 Å². The number of pyridine rings is 1. The molecule has 110 valence electrons. The summed E-state index contributed by atoms with van der Waals surface area (Å²) in [4.78, 5) is 15.7. The first-order chi connectivity index (χ1) is 10.0. The quantitative estimate of drug-likeness (QED) is 0.843. The lowest BCUT2D eigenvalue weighted by Crippen LogP contribution is -2.23. The number of ether oxygens (including phenoxy) is 1. The Morgan fingerprint density at radius 2 is 2.14 bits per heavy atom. The number of benzene rings is 1. The molecule has 5 nitrogen and oxygen atoms in total. The minimum Gasteiger partial charge on any atom is -0.453 e. The number of halogens is 2. The van der Waals surface area contributed by atoms with Crippen LogP contribution < -0.4 is 15.8 Å². The molecule has 21 heavy (non-hydrogen) atoms. The summed E-state index contributed by atoms with van der Waals surface area (Å²) in [6.45, 7) is 2.32. The fourth-order valence-electron chi connectivity index (χ4n) is 1.67. The van der Waals surface area contributed by atoms with E-state index in [4.69, 9.17) is 33.7 Å².